The summed E-state index contributed by atoms with van der Waals surface area (Å²) in [5, 5.41) is 19.0. The van der Waals surface area contributed by atoms with Crippen LogP contribution in [0.4, 0.5) is 13.2 Å². The predicted molar refractivity (Wildman–Crippen MR) is 101 cm³/mol. The van der Waals surface area contributed by atoms with E-state index in [1.807, 2.05) is 12.1 Å². The molecule has 0 aliphatic rings. The van der Waals surface area contributed by atoms with E-state index in [1.165, 1.54) is 29.0 Å². The number of hydrogen-bond donors (Lipinski definition) is 0. The van der Waals surface area contributed by atoms with Crippen molar-refractivity contribution < 1.29 is 25.8 Å². The monoisotopic (exact) mass is 467 g/mol. The van der Waals surface area contributed by atoms with Gasteiger partial charge in [-0.05, 0) is 35.9 Å². The lowest BCUT2D eigenvalue weighted by molar-refractivity contribution is -0.0500. The fourth-order valence-electron chi connectivity index (χ4n) is 2.53. The van der Waals surface area contributed by atoms with Crippen molar-refractivity contribution in [3.63, 3.8) is 0 Å². The van der Waals surface area contributed by atoms with Crippen molar-refractivity contribution in [3.05, 3.63) is 64.7 Å². The van der Waals surface area contributed by atoms with Crippen LogP contribution < -0.4 is 4.18 Å². The van der Waals surface area contributed by atoms with Gasteiger partial charge in [0, 0.05) is 11.8 Å². The standard InChI is InChI=1S/C18H9ClF3N5O3S/c19-16-6-1-11(9-25-16)10-27-15(8-24)14(7-23)26-17(27)12-2-4-13(5-3-12)30-31(28,29)18(20,21)22/h1-6,9H,10H2. The Hall–Kier alpha value is -3.61. The average Bonchev–Trinajstić information content (AvgIpc) is 3.06. The molecule has 0 radical (unpaired) electrons. The molecule has 31 heavy (non-hydrogen) atoms. The van der Waals surface area contributed by atoms with E-state index in [9.17, 15) is 32.1 Å². The summed E-state index contributed by atoms with van der Waals surface area (Å²) in [5.41, 5.74) is -4.82. The largest absolute Gasteiger partial charge is 0.534 e. The van der Waals surface area contributed by atoms with Gasteiger partial charge in [0.25, 0.3) is 0 Å². The molecule has 0 bridgehead atoms. The van der Waals surface area contributed by atoms with Crippen molar-refractivity contribution >= 4 is 21.7 Å². The first-order valence-electron chi connectivity index (χ1n) is 8.18. The van der Waals surface area contributed by atoms with Gasteiger partial charge in [0.15, 0.2) is 11.4 Å². The number of aromatic nitrogens is 3. The van der Waals surface area contributed by atoms with Crippen molar-refractivity contribution in [1.82, 2.24) is 14.5 Å². The molecule has 0 N–H and O–H groups in total. The molecule has 0 spiro atoms. The Balaban J connectivity index is 2.01. The highest BCUT2D eigenvalue weighted by Crippen LogP contribution is 2.29. The average molecular weight is 468 g/mol. The van der Waals surface area contributed by atoms with Gasteiger partial charge in [0.2, 0.25) is 0 Å². The van der Waals surface area contributed by atoms with Gasteiger partial charge in [0.05, 0.1) is 6.54 Å². The molecule has 2 aromatic heterocycles. The van der Waals surface area contributed by atoms with Gasteiger partial charge < -0.3 is 8.75 Å². The van der Waals surface area contributed by atoms with Crippen LogP contribution in [0.1, 0.15) is 17.0 Å². The smallest absolute Gasteiger partial charge is 0.376 e. The second-order valence-electron chi connectivity index (χ2n) is 5.94. The third-order valence-electron chi connectivity index (χ3n) is 3.91. The molecule has 3 aromatic rings. The Bertz CT molecular complexity index is 1310. The Morgan fingerprint density at radius 3 is 2.29 bits per heavy atom. The van der Waals surface area contributed by atoms with E-state index in [-0.39, 0.29) is 28.9 Å². The van der Waals surface area contributed by atoms with Crippen LogP contribution >= 0.6 is 11.6 Å². The number of hydrogen-bond acceptors (Lipinski definition) is 7. The van der Waals surface area contributed by atoms with Crippen LogP contribution in [0.3, 0.4) is 0 Å². The zero-order valence-electron chi connectivity index (χ0n) is 15.1. The predicted octanol–water partition coefficient (Wildman–Crippen LogP) is 3.62. The van der Waals surface area contributed by atoms with Crippen LogP contribution in [-0.4, -0.2) is 28.5 Å². The summed E-state index contributed by atoms with van der Waals surface area (Å²) in [4.78, 5) is 8.06. The summed E-state index contributed by atoms with van der Waals surface area (Å²) in [6.07, 6.45) is 1.47. The molecule has 0 saturated heterocycles. The molecule has 0 fully saturated rings. The maximum atomic E-state index is 12.5. The van der Waals surface area contributed by atoms with E-state index in [2.05, 4.69) is 14.2 Å². The minimum atomic E-state index is -5.82. The van der Waals surface area contributed by atoms with Crippen LogP contribution in [0.15, 0.2) is 42.6 Å². The minimum absolute atomic E-state index is 0.0348. The van der Waals surface area contributed by atoms with Gasteiger partial charge in [-0.15, -0.1) is 0 Å². The number of pyridine rings is 1. The number of alkyl halides is 3. The lowest BCUT2D eigenvalue weighted by Crippen LogP contribution is -2.28. The molecule has 158 valence electrons. The SMILES string of the molecule is N#Cc1nc(-c2ccc(OS(=O)(=O)C(F)(F)F)cc2)n(Cc2ccc(Cl)nc2)c1C#N. The van der Waals surface area contributed by atoms with E-state index in [0.29, 0.717) is 11.1 Å². The summed E-state index contributed by atoms with van der Waals surface area (Å²) in [5.74, 6) is -0.407. The number of nitriles is 2. The molecule has 0 unspecified atom stereocenters. The molecule has 2 heterocycles. The number of nitrogens with zero attached hydrogens (tertiary/aromatic N) is 5. The highest BCUT2D eigenvalue weighted by molar-refractivity contribution is 7.88. The first-order valence-corrected chi connectivity index (χ1v) is 9.96. The van der Waals surface area contributed by atoms with Gasteiger partial charge in [0.1, 0.15) is 28.9 Å². The first kappa shape index (κ1) is 22.1. The van der Waals surface area contributed by atoms with Crippen LogP contribution in [0.5, 0.6) is 5.75 Å². The second-order valence-corrected chi connectivity index (χ2v) is 7.86. The van der Waals surface area contributed by atoms with Crippen molar-refractivity contribution in [3.8, 4) is 29.3 Å². The summed E-state index contributed by atoms with van der Waals surface area (Å²) >= 11 is 5.76. The van der Waals surface area contributed by atoms with Crippen LogP contribution in [-0.2, 0) is 16.7 Å². The molecular formula is C18H9ClF3N5O3S. The van der Waals surface area contributed by atoms with Gasteiger partial charge in [-0.3, -0.25) is 0 Å². The van der Waals surface area contributed by atoms with Gasteiger partial charge >= 0.3 is 15.6 Å². The maximum Gasteiger partial charge on any atom is 0.534 e. The molecule has 0 aliphatic heterocycles. The molecule has 0 aliphatic carbocycles. The molecule has 3 rings (SSSR count). The van der Waals surface area contributed by atoms with Crippen molar-refractivity contribution in [2.45, 2.75) is 12.1 Å². The quantitative estimate of drug-likeness (QED) is 0.319. The molecule has 0 atom stereocenters. The van der Waals surface area contributed by atoms with Crippen LogP contribution in [0.25, 0.3) is 11.4 Å². The van der Waals surface area contributed by atoms with Gasteiger partial charge in [-0.2, -0.15) is 32.1 Å². The lowest BCUT2D eigenvalue weighted by atomic mass is 10.2. The highest BCUT2D eigenvalue weighted by atomic mass is 35.5. The Kier molecular flexibility index (Phi) is 5.88. The van der Waals surface area contributed by atoms with Crippen molar-refractivity contribution in [2.75, 3.05) is 0 Å². The van der Waals surface area contributed by atoms with E-state index in [4.69, 9.17) is 11.6 Å². The summed E-state index contributed by atoms with van der Waals surface area (Å²) in [6.45, 7) is 0.0950. The van der Waals surface area contributed by atoms with Crippen LogP contribution in [0.2, 0.25) is 5.15 Å². The maximum absolute atomic E-state index is 12.5. The van der Waals surface area contributed by atoms with Crippen molar-refractivity contribution in [1.29, 1.82) is 10.5 Å². The highest BCUT2D eigenvalue weighted by Gasteiger charge is 2.48. The Morgan fingerprint density at radius 2 is 1.77 bits per heavy atom. The summed E-state index contributed by atoms with van der Waals surface area (Å²) in [6, 6.07) is 11.4. The van der Waals surface area contributed by atoms with E-state index in [1.54, 1.807) is 6.07 Å². The molecule has 13 heteroatoms. The first-order chi connectivity index (χ1) is 14.6. The minimum Gasteiger partial charge on any atom is -0.376 e. The summed E-state index contributed by atoms with van der Waals surface area (Å²) in [7, 11) is -5.82. The van der Waals surface area contributed by atoms with E-state index in [0.717, 1.165) is 12.1 Å². The topological polar surface area (TPSA) is 122 Å². The fourth-order valence-corrected chi connectivity index (χ4v) is 3.11. The van der Waals surface area contributed by atoms with Gasteiger partial charge in [-0.1, -0.05) is 17.7 Å². The molecule has 0 saturated carbocycles. The molecular weight excluding hydrogens is 459 g/mol. The number of rotatable bonds is 5. The zero-order valence-corrected chi connectivity index (χ0v) is 16.7. The normalized spacial score (nSPS) is 11.5. The molecule has 8 nitrogen and oxygen atoms in total. The van der Waals surface area contributed by atoms with Gasteiger partial charge in [-0.25, -0.2) is 9.97 Å². The fraction of sp³-hybridized carbons (Fsp3) is 0.111. The third-order valence-corrected chi connectivity index (χ3v) is 5.11. The lowest BCUT2D eigenvalue weighted by Gasteiger charge is -2.11. The molecule has 1 aromatic carbocycles. The Morgan fingerprint density at radius 1 is 1.10 bits per heavy atom. The van der Waals surface area contributed by atoms with E-state index >= 15 is 0 Å². The number of benzene rings is 1. The molecule has 0 amide bonds. The number of halogens is 4. The zero-order chi connectivity index (χ0) is 22.8. The third kappa shape index (κ3) is 4.60. The Labute approximate surface area is 178 Å². The number of imidazole rings is 1. The second kappa shape index (κ2) is 8.26. The van der Waals surface area contributed by atoms with Crippen molar-refractivity contribution in [2.24, 2.45) is 0 Å². The van der Waals surface area contributed by atoms with E-state index < -0.39 is 21.4 Å². The summed E-state index contributed by atoms with van der Waals surface area (Å²) < 4.78 is 65.2. The van der Waals surface area contributed by atoms with Crippen LogP contribution in [0, 0.1) is 22.7 Å².